The van der Waals surface area contributed by atoms with Crippen LogP contribution in [0.25, 0.3) is 16.7 Å². The van der Waals surface area contributed by atoms with Crippen molar-refractivity contribution < 1.29 is 4.39 Å². The lowest BCUT2D eigenvalue weighted by atomic mass is 10.2. The number of para-hydroxylation sites is 1. The maximum atomic E-state index is 13.8. The Morgan fingerprint density at radius 1 is 1.21 bits per heavy atom. The van der Waals surface area contributed by atoms with Gasteiger partial charge in [-0.25, -0.2) is 9.37 Å². The first-order chi connectivity index (χ1) is 9.20. The Morgan fingerprint density at radius 2 is 1.95 bits per heavy atom. The van der Waals surface area contributed by atoms with Gasteiger partial charge in [0, 0.05) is 11.8 Å². The highest BCUT2D eigenvalue weighted by molar-refractivity contribution is 14.1. The minimum atomic E-state index is -0.244. The number of nitrogens with zero attached hydrogens (tertiary/aromatic N) is 2. The van der Waals surface area contributed by atoms with E-state index in [1.54, 1.807) is 6.07 Å². The molecule has 0 spiro atoms. The Morgan fingerprint density at radius 3 is 2.63 bits per heavy atom. The van der Waals surface area contributed by atoms with Gasteiger partial charge in [-0.1, -0.05) is 18.2 Å². The van der Waals surface area contributed by atoms with E-state index >= 15 is 0 Å². The van der Waals surface area contributed by atoms with Gasteiger partial charge in [-0.15, -0.1) is 11.6 Å². The van der Waals surface area contributed by atoms with Crippen molar-refractivity contribution in [3.8, 4) is 5.69 Å². The summed E-state index contributed by atoms with van der Waals surface area (Å²) in [5.74, 6) is 0.748. The first-order valence-electron chi connectivity index (χ1n) is 5.68. The number of alkyl halides is 1. The quantitative estimate of drug-likeness (QED) is 0.468. The number of hydrogen-bond donors (Lipinski definition) is 0. The highest BCUT2D eigenvalue weighted by atomic mass is 127. The second kappa shape index (κ2) is 5.09. The Bertz CT molecular complexity index is 740. The first-order valence-corrected chi connectivity index (χ1v) is 7.30. The zero-order valence-electron chi connectivity index (χ0n) is 9.78. The van der Waals surface area contributed by atoms with Crippen molar-refractivity contribution in [3.05, 3.63) is 57.7 Å². The molecule has 0 aliphatic heterocycles. The maximum absolute atomic E-state index is 13.8. The van der Waals surface area contributed by atoms with E-state index in [1.165, 1.54) is 6.07 Å². The SMILES string of the molecule is Fc1cc2c(cc1I)nc(CCl)n2-c1ccccc1. The molecule has 0 N–H and O–H groups in total. The molecule has 3 aromatic rings. The van der Waals surface area contributed by atoms with Crippen LogP contribution in [0.5, 0.6) is 0 Å². The summed E-state index contributed by atoms with van der Waals surface area (Å²) in [5, 5.41) is 0. The van der Waals surface area contributed by atoms with Gasteiger partial charge < -0.3 is 0 Å². The van der Waals surface area contributed by atoms with E-state index in [-0.39, 0.29) is 11.7 Å². The summed E-state index contributed by atoms with van der Waals surface area (Å²) in [4.78, 5) is 4.47. The van der Waals surface area contributed by atoms with Gasteiger partial charge in [-0.3, -0.25) is 4.57 Å². The molecule has 0 radical (unpaired) electrons. The number of halogens is 3. The summed E-state index contributed by atoms with van der Waals surface area (Å²) in [7, 11) is 0. The molecule has 0 saturated heterocycles. The summed E-state index contributed by atoms with van der Waals surface area (Å²) in [6.45, 7) is 0. The second-order valence-corrected chi connectivity index (χ2v) is 5.52. The zero-order chi connectivity index (χ0) is 13.4. The van der Waals surface area contributed by atoms with Gasteiger partial charge >= 0.3 is 0 Å². The van der Waals surface area contributed by atoms with Gasteiger partial charge in [0.15, 0.2) is 0 Å². The van der Waals surface area contributed by atoms with E-state index in [9.17, 15) is 4.39 Å². The predicted octanol–water partition coefficient (Wildman–Crippen LogP) is 4.51. The van der Waals surface area contributed by atoms with Gasteiger partial charge in [-0.05, 0) is 40.8 Å². The average Bonchev–Trinajstić information content (AvgIpc) is 2.78. The Labute approximate surface area is 128 Å². The molecule has 1 heterocycles. The molecule has 0 bridgehead atoms. The summed E-state index contributed by atoms with van der Waals surface area (Å²) in [5.41, 5.74) is 2.42. The lowest BCUT2D eigenvalue weighted by Gasteiger charge is -2.07. The third-order valence-electron chi connectivity index (χ3n) is 2.90. The monoisotopic (exact) mass is 386 g/mol. The number of imidazole rings is 1. The molecule has 2 aromatic carbocycles. The van der Waals surface area contributed by atoms with Crippen molar-refractivity contribution in [2.45, 2.75) is 5.88 Å². The molecule has 3 rings (SSSR count). The Kier molecular flexibility index (Phi) is 3.45. The first kappa shape index (κ1) is 12.9. The normalized spacial score (nSPS) is 11.1. The van der Waals surface area contributed by atoms with Crippen LogP contribution < -0.4 is 0 Å². The minimum Gasteiger partial charge on any atom is -0.295 e. The Hall–Kier alpha value is -1.14. The molecular weight excluding hydrogens is 378 g/mol. The van der Waals surface area contributed by atoms with Gasteiger partial charge in [0.25, 0.3) is 0 Å². The number of rotatable bonds is 2. The van der Waals surface area contributed by atoms with Crippen LogP contribution in [0.3, 0.4) is 0 Å². The molecule has 1 aromatic heterocycles. The van der Waals surface area contributed by atoms with Gasteiger partial charge in [0.05, 0.1) is 20.5 Å². The van der Waals surface area contributed by atoms with Crippen LogP contribution in [0, 0.1) is 9.39 Å². The zero-order valence-corrected chi connectivity index (χ0v) is 12.7. The van der Waals surface area contributed by atoms with Crippen LogP contribution in [0.4, 0.5) is 4.39 Å². The lowest BCUT2D eigenvalue weighted by molar-refractivity contribution is 0.622. The molecule has 0 saturated carbocycles. The topological polar surface area (TPSA) is 17.8 Å². The number of hydrogen-bond acceptors (Lipinski definition) is 1. The largest absolute Gasteiger partial charge is 0.295 e. The molecule has 5 heteroatoms. The summed E-state index contributed by atoms with van der Waals surface area (Å²) < 4.78 is 16.2. The van der Waals surface area contributed by atoms with Crippen LogP contribution in [0.15, 0.2) is 42.5 Å². The standard InChI is InChI=1S/C14H9ClFIN2/c15-8-14-18-12-7-11(17)10(16)6-13(12)19(14)9-4-2-1-3-5-9/h1-7H,8H2. The molecule has 0 amide bonds. The highest BCUT2D eigenvalue weighted by Gasteiger charge is 2.13. The van der Waals surface area contributed by atoms with E-state index in [0.717, 1.165) is 16.7 Å². The lowest BCUT2D eigenvalue weighted by Crippen LogP contribution is -1.99. The summed E-state index contributed by atoms with van der Waals surface area (Å²) in [6.07, 6.45) is 0. The Balaban J connectivity index is 2.36. The van der Waals surface area contributed by atoms with Crippen LogP contribution in [-0.4, -0.2) is 9.55 Å². The van der Waals surface area contributed by atoms with Gasteiger partial charge in [0.1, 0.15) is 11.6 Å². The molecule has 19 heavy (non-hydrogen) atoms. The molecule has 2 nitrogen and oxygen atoms in total. The number of benzene rings is 2. The fourth-order valence-electron chi connectivity index (χ4n) is 2.08. The fourth-order valence-corrected chi connectivity index (χ4v) is 2.71. The van der Waals surface area contributed by atoms with Gasteiger partial charge in [0.2, 0.25) is 0 Å². The highest BCUT2D eigenvalue weighted by Crippen LogP contribution is 2.25. The molecule has 0 atom stereocenters. The molecule has 96 valence electrons. The van der Waals surface area contributed by atoms with Crippen molar-refractivity contribution >= 4 is 45.2 Å². The average molecular weight is 387 g/mol. The van der Waals surface area contributed by atoms with Crippen molar-refractivity contribution in [1.82, 2.24) is 9.55 Å². The van der Waals surface area contributed by atoms with E-state index < -0.39 is 0 Å². The van der Waals surface area contributed by atoms with Crippen LogP contribution in [0.2, 0.25) is 0 Å². The molecule has 0 unspecified atom stereocenters. The van der Waals surface area contributed by atoms with Crippen LogP contribution >= 0.6 is 34.2 Å². The molecule has 0 fully saturated rings. The summed E-state index contributed by atoms with van der Waals surface area (Å²) >= 11 is 7.92. The maximum Gasteiger partial charge on any atom is 0.138 e. The molecule has 0 aliphatic carbocycles. The van der Waals surface area contributed by atoms with Crippen LogP contribution in [-0.2, 0) is 5.88 Å². The van der Waals surface area contributed by atoms with Crippen molar-refractivity contribution in [1.29, 1.82) is 0 Å². The van der Waals surface area contributed by atoms with Crippen molar-refractivity contribution in [3.63, 3.8) is 0 Å². The second-order valence-electron chi connectivity index (χ2n) is 4.09. The smallest absolute Gasteiger partial charge is 0.138 e. The molecular formula is C14H9ClFIN2. The third-order valence-corrected chi connectivity index (χ3v) is 3.97. The van der Waals surface area contributed by atoms with E-state index in [2.05, 4.69) is 4.98 Å². The number of fused-ring (bicyclic) bond motifs is 1. The van der Waals surface area contributed by atoms with E-state index in [4.69, 9.17) is 11.6 Å². The van der Waals surface area contributed by atoms with Crippen molar-refractivity contribution in [2.24, 2.45) is 0 Å². The minimum absolute atomic E-state index is 0.244. The van der Waals surface area contributed by atoms with E-state index in [1.807, 2.05) is 57.5 Å². The van der Waals surface area contributed by atoms with E-state index in [0.29, 0.717) is 9.39 Å². The van der Waals surface area contributed by atoms with Crippen molar-refractivity contribution in [2.75, 3.05) is 0 Å². The fraction of sp³-hybridized carbons (Fsp3) is 0.0714. The van der Waals surface area contributed by atoms with Gasteiger partial charge in [-0.2, -0.15) is 0 Å². The van der Waals surface area contributed by atoms with Crippen LogP contribution in [0.1, 0.15) is 5.82 Å². The molecule has 0 aliphatic rings. The predicted molar refractivity (Wildman–Crippen MR) is 83.3 cm³/mol. The summed E-state index contributed by atoms with van der Waals surface area (Å²) in [6, 6.07) is 12.9. The third kappa shape index (κ3) is 2.23. The number of aromatic nitrogens is 2.